The van der Waals surface area contributed by atoms with Gasteiger partial charge in [-0.25, -0.2) is 8.42 Å². The fourth-order valence-electron chi connectivity index (χ4n) is 1.41. The van der Waals surface area contributed by atoms with Crippen molar-refractivity contribution in [2.75, 3.05) is 31.1 Å². The van der Waals surface area contributed by atoms with Crippen LogP contribution in [-0.2, 0) is 9.84 Å². The van der Waals surface area contributed by atoms with Crippen molar-refractivity contribution in [3.63, 3.8) is 0 Å². The molecule has 0 aliphatic heterocycles. The van der Waals surface area contributed by atoms with Crippen LogP contribution < -0.4 is 5.73 Å². The van der Waals surface area contributed by atoms with Crippen LogP contribution in [0.2, 0.25) is 0 Å². The molecule has 2 N–H and O–H groups in total. The van der Waals surface area contributed by atoms with Gasteiger partial charge in [0.1, 0.15) is 0 Å². The lowest BCUT2D eigenvalue weighted by Crippen LogP contribution is -2.50. The first-order chi connectivity index (χ1) is 6.79. The highest BCUT2D eigenvalue weighted by atomic mass is 32.2. The standard InChI is InChI=1S/C10H24N2O2S/c1-5-12(10(3,4)9-11)7-8-15(13,14)6-2/h5-9,11H2,1-4H3. The number of likely N-dealkylation sites (N-methyl/N-ethyl adjacent to an activating group) is 1. The Morgan fingerprint density at radius 3 is 2.13 bits per heavy atom. The van der Waals surface area contributed by atoms with E-state index in [2.05, 4.69) is 4.90 Å². The maximum Gasteiger partial charge on any atom is 0.151 e. The van der Waals surface area contributed by atoms with Gasteiger partial charge in [-0.05, 0) is 20.4 Å². The lowest BCUT2D eigenvalue weighted by Gasteiger charge is -2.36. The molecule has 0 aromatic heterocycles. The monoisotopic (exact) mass is 236 g/mol. The van der Waals surface area contributed by atoms with Gasteiger partial charge >= 0.3 is 0 Å². The summed E-state index contributed by atoms with van der Waals surface area (Å²) in [5.41, 5.74) is 5.54. The molecular weight excluding hydrogens is 212 g/mol. The van der Waals surface area contributed by atoms with Crippen molar-refractivity contribution in [2.45, 2.75) is 33.2 Å². The Balaban J connectivity index is 4.37. The molecule has 0 saturated heterocycles. The van der Waals surface area contributed by atoms with Gasteiger partial charge in [0.25, 0.3) is 0 Å². The lowest BCUT2D eigenvalue weighted by molar-refractivity contribution is 0.143. The second kappa shape index (κ2) is 5.82. The summed E-state index contributed by atoms with van der Waals surface area (Å²) >= 11 is 0. The predicted octanol–water partition coefficient (Wildman–Crippen LogP) is 0.480. The maximum absolute atomic E-state index is 11.4. The van der Waals surface area contributed by atoms with Crippen molar-refractivity contribution in [3.8, 4) is 0 Å². The van der Waals surface area contributed by atoms with E-state index in [1.807, 2.05) is 20.8 Å². The van der Waals surface area contributed by atoms with Crippen molar-refractivity contribution in [1.29, 1.82) is 0 Å². The zero-order chi connectivity index (χ0) is 12.1. The molecular formula is C10H24N2O2S. The van der Waals surface area contributed by atoms with Crippen LogP contribution in [0.4, 0.5) is 0 Å². The molecule has 0 rings (SSSR count). The van der Waals surface area contributed by atoms with Gasteiger partial charge in [0.05, 0.1) is 5.75 Å². The van der Waals surface area contributed by atoms with Crippen LogP contribution in [0.1, 0.15) is 27.7 Å². The summed E-state index contributed by atoms with van der Waals surface area (Å²) in [4.78, 5) is 2.11. The number of sulfone groups is 1. The second-order valence-corrected chi connectivity index (χ2v) is 6.81. The Bertz CT molecular complexity index is 273. The Morgan fingerprint density at radius 1 is 1.27 bits per heavy atom. The third-order valence-corrected chi connectivity index (χ3v) is 4.53. The average molecular weight is 236 g/mol. The number of nitrogens with zero attached hydrogens (tertiary/aromatic N) is 1. The van der Waals surface area contributed by atoms with E-state index in [4.69, 9.17) is 5.73 Å². The van der Waals surface area contributed by atoms with E-state index < -0.39 is 9.84 Å². The summed E-state index contributed by atoms with van der Waals surface area (Å²) in [6.45, 7) is 9.70. The zero-order valence-corrected chi connectivity index (χ0v) is 11.1. The minimum Gasteiger partial charge on any atom is -0.329 e. The van der Waals surface area contributed by atoms with Gasteiger partial charge in [0.15, 0.2) is 9.84 Å². The molecule has 4 nitrogen and oxygen atoms in total. The molecule has 92 valence electrons. The summed E-state index contributed by atoms with van der Waals surface area (Å²) in [5.74, 6) is 0.439. The van der Waals surface area contributed by atoms with Gasteiger partial charge in [0.2, 0.25) is 0 Å². The van der Waals surface area contributed by atoms with E-state index in [0.29, 0.717) is 13.1 Å². The molecule has 15 heavy (non-hydrogen) atoms. The third kappa shape index (κ3) is 4.95. The predicted molar refractivity (Wildman–Crippen MR) is 64.7 cm³/mol. The first kappa shape index (κ1) is 14.9. The molecule has 0 aliphatic rings. The van der Waals surface area contributed by atoms with Crippen LogP contribution >= 0.6 is 0 Å². The SMILES string of the molecule is CCN(CCS(=O)(=O)CC)C(C)(C)CN. The Morgan fingerprint density at radius 2 is 1.80 bits per heavy atom. The summed E-state index contributed by atoms with van der Waals surface area (Å²) in [7, 11) is -2.88. The minimum atomic E-state index is -2.88. The molecule has 0 fully saturated rings. The molecule has 0 aliphatic carbocycles. The molecule has 0 aromatic carbocycles. The molecule has 0 aromatic rings. The largest absolute Gasteiger partial charge is 0.329 e. The Labute approximate surface area is 93.7 Å². The van der Waals surface area contributed by atoms with E-state index in [0.717, 1.165) is 6.54 Å². The van der Waals surface area contributed by atoms with Crippen LogP contribution in [0.3, 0.4) is 0 Å². The smallest absolute Gasteiger partial charge is 0.151 e. The quantitative estimate of drug-likeness (QED) is 0.698. The first-order valence-corrected chi connectivity index (χ1v) is 7.26. The third-order valence-electron chi connectivity index (χ3n) is 2.85. The van der Waals surface area contributed by atoms with Gasteiger partial charge in [-0.1, -0.05) is 13.8 Å². The second-order valence-electron chi connectivity index (χ2n) is 4.33. The average Bonchev–Trinajstić information content (AvgIpc) is 2.18. The number of hydrogen-bond acceptors (Lipinski definition) is 4. The molecule has 0 radical (unpaired) electrons. The highest BCUT2D eigenvalue weighted by Crippen LogP contribution is 2.12. The highest BCUT2D eigenvalue weighted by Gasteiger charge is 2.24. The molecule has 0 atom stereocenters. The van der Waals surface area contributed by atoms with Crippen LogP contribution in [0.15, 0.2) is 0 Å². The molecule has 0 bridgehead atoms. The summed E-state index contributed by atoms with van der Waals surface area (Å²) in [6, 6.07) is 0. The van der Waals surface area contributed by atoms with Crippen molar-refractivity contribution < 1.29 is 8.42 Å². The van der Waals surface area contributed by atoms with Crippen molar-refractivity contribution in [3.05, 3.63) is 0 Å². The molecule has 0 heterocycles. The van der Waals surface area contributed by atoms with Crippen LogP contribution in [0.5, 0.6) is 0 Å². The normalized spacial score (nSPS) is 13.5. The highest BCUT2D eigenvalue weighted by molar-refractivity contribution is 7.91. The van der Waals surface area contributed by atoms with E-state index >= 15 is 0 Å². The van der Waals surface area contributed by atoms with E-state index in [1.165, 1.54) is 0 Å². The van der Waals surface area contributed by atoms with E-state index in [1.54, 1.807) is 6.92 Å². The molecule has 0 unspecified atom stereocenters. The van der Waals surface area contributed by atoms with Crippen molar-refractivity contribution in [2.24, 2.45) is 5.73 Å². The van der Waals surface area contributed by atoms with E-state index in [-0.39, 0.29) is 17.0 Å². The minimum absolute atomic E-state index is 0.127. The Kier molecular flexibility index (Phi) is 5.77. The van der Waals surface area contributed by atoms with Crippen molar-refractivity contribution in [1.82, 2.24) is 4.90 Å². The number of nitrogens with two attached hydrogens (primary N) is 1. The van der Waals surface area contributed by atoms with Crippen LogP contribution in [-0.4, -0.2) is 50.0 Å². The maximum atomic E-state index is 11.4. The topological polar surface area (TPSA) is 63.4 Å². The molecule has 0 saturated carbocycles. The summed E-state index contributed by atoms with van der Waals surface area (Å²) in [6.07, 6.45) is 0. The lowest BCUT2D eigenvalue weighted by atomic mass is 10.0. The Hall–Kier alpha value is -0.130. The fraction of sp³-hybridized carbons (Fsp3) is 1.00. The first-order valence-electron chi connectivity index (χ1n) is 5.44. The van der Waals surface area contributed by atoms with Crippen LogP contribution in [0.25, 0.3) is 0 Å². The zero-order valence-electron chi connectivity index (χ0n) is 10.3. The summed E-state index contributed by atoms with van der Waals surface area (Å²) < 4.78 is 22.8. The molecule has 0 amide bonds. The molecule has 0 spiro atoms. The van der Waals surface area contributed by atoms with Gasteiger partial charge in [-0.15, -0.1) is 0 Å². The van der Waals surface area contributed by atoms with Gasteiger partial charge in [-0.3, -0.25) is 4.90 Å². The van der Waals surface area contributed by atoms with Gasteiger partial charge in [-0.2, -0.15) is 0 Å². The van der Waals surface area contributed by atoms with Crippen molar-refractivity contribution >= 4 is 9.84 Å². The van der Waals surface area contributed by atoms with Gasteiger partial charge in [0, 0.05) is 24.4 Å². The fourth-order valence-corrected chi connectivity index (χ4v) is 2.20. The van der Waals surface area contributed by atoms with E-state index in [9.17, 15) is 8.42 Å². The number of rotatable bonds is 7. The van der Waals surface area contributed by atoms with Gasteiger partial charge < -0.3 is 5.73 Å². The van der Waals surface area contributed by atoms with Crippen LogP contribution in [0, 0.1) is 0 Å². The number of hydrogen-bond donors (Lipinski definition) is 1. The summed E-state index contributed by atoms with van der Waals surface area (Å²) in [5, 5.41) is 0. The molecule has 5 heteroatoms.